The highest BCUT2D eigenvalue weighted by Crippen LogP contribution is 2.29. The van der Waals surface area contributed by atoms with Crippen LogP contribution >= 0.6 is 0 Å². The Kier molecular flexibility index (Phi) is 5.26. The fourth-order valence-corrected chi connectivity index (χ4v) is 3.29. The van der Waals surface area contributed by atoms with E-state index in [4.69, 9.17) is 4.74 Å². The van der Waals surface area contributed by atoms with E-state index < -0.39 is 0 Å². The number of hydrogen-bond acceptors (Lipinski definition) is 3. The van der Waals surface area contributed by atoms with Gasteiger partial charge in [0.25, 0.3) is 0 Å². The number of ether oxygens (including phenoxy) is 1. The van der Waals surface area contributed by atoms with Crippen molar-refractivity contribution in [2.24, 2.45) is 5.41 Å². The number of rotatable bonds is 4. The minimum absolute atomic E-state index is 0.383. The van der Waals surface area contributed by atoms with E-state index in [2.05, 4.69) is 17.3 Å². The van der Waals surface area contributed by atoms with Gasteiger partial charge in [-0.2, -0.15) is 0 Å². The summed E-state index contributed by atoms with van der Waals surface area (Å²) >= 11 is 0. The van der Waals surface area contributed by atoms with Crippen LogP contribution < -0.4 is 5.32 Å². The van der Waals surface area contributed by atoms with Gasteiger partial charge in [-0.25, -0.2) is 0 Å². The molecule has 2 aliphatic rings. The highest BCUT2D eigenvalue weighted by Gasteiger charge is 2.35. The first-order chi connectivity index (χ1) is 8.35. The lowest BCUT2D eigenvalue weighted by atomic mass is 9.86. The zero-order chi connectivity index (χ0) is 12.0. The standard InChI is InChI=1S/C14H28N2O/c1-15-11-14(7-10-17-13-14)12-16-8-5-3-2-4-6-9-16/h15H,2-13H2,1H3. The summed E-state index contributed by atoms with van der Waals surface area (Å²) in [5, 5.41) is 3.36. The van der Waals surface area contributed by atoms with Gasteiger partial charge in [-0.15, -0.1) is 0 Å². The summed E-state index contributed by atoms with van der Waals surface area (Å²) in [7, 11) is 2.06. The van der Waals surface area contributed by atoms with Crippen molar-refractivity contribution in [3.05, 3.63) is 0 Å². The van der Waals surface area contributed by atoms with Crippen LogP contribution in [-0.2, 0) is 4.74 Å². The summed E-state index contributed by atoms with van der Waals surface area (Å²) < 4.78 is 5.64. The molecule has 0 radical (unpaired) electrons. The summed E-state index contributed by atoms with van der Waals surface area (Å²) in [5.74, 6) is 0. The second kappa shape index (κ2) is 6.72. The van der Waals surface area contributed by atoms with Crippen LogP contribution in [0.5, 0.6) is 0 Å². The van der Waals surface area contributed by atoms with Crippen LogP contribution in [0.3, 0.4) is 0 Å². The third-order valence-corrected chi connectivity index (χ3v) is 4.24. The fourth-order valence-electron chi connectivity index (χ4n) is 3.29. The van der Waals surface area contributed by atoms with Crippen molar-refractivity contribution in [3.8, 4) is 0 Å². The number of likely N-dealkylation sites (tertiary alicyclic amines) is 1. The maximum atomic E-state index is 5.64. The van der Waals surface area contributed by atoms with Gasteiger partial charge in [0.1, 0.15) is 0 Å². The lowest BCUT2D eigenvalue weighted by molar-refractivity contribution is 0.105. The van der Waals surface area contributed by atoms with Crippen molar-refractivity contribution in [2.45, 2.75) is 38.5 Å². The maximum absolute atomic E-state index is 5.64. The molecule has 2 fully saturated rings. The summed E-state index contributed by atoms with van der Waals surface area (Å²) in [6.07, 6.45) is 8.29. The van der Waals surface area contributed by atoms with Crippen LogP contribution in [0.25, 0.3) is 0 Å². The molecule has 0 saturated carbocycles. The summed E-state index contributed by atoms with van der Waals surface area (Å²) in [5.41, 5.74) is 0.383. The van der Waals surface area contributed by atoms with Gasteiger partial charge in [-0.3, -0.25) is 0 Å². The van der Waals surface area contributed by atoms with Crippen molar-refractivity contribution < 1.29 is 4.74 Å². The Morgan fingerprint density at radius 1 is 1.12 bits per heavy atom. The molecule has 0 spiro atoms. The van der Waals surface area contributed by atoms with Crippen LogP contribution in [0.1, 0.15) is 38.5 Å². The fraction of sp³-hybridized carbons (Fsp3) is 1.00. The normalized spacial score (nSPS) is 32.3. The molecule has 3 nitrogen and oxygen atoms in total. The average Bonchev–Trinajstić information content (AvgIpc) is 2.71. The van der Waals surface area contributed by atoms with Crippen molar-refractivity contribution in [1.29, 1.82) is 0 Å². The first-order valence-corrected chi connectivity index (χ1v) is 7.29. The largest absolute Gasteiger partial charge is 0.381 e. The molecule has 2 heterocycles. The molecular weight excluding hydrogens is 212 g/mol. The smallest absolute Gasteiger partial charge is 0.0547 e. The number of hydrogen-bond donors (Lipinski definition) is 1. The summed E-state index contributed by atoms with van der Waals surface area (Å²) in [6, 6.07) is 0. The number of nitrogens with one attached hydrogen (secondary N) is 1. The molecular formula is C14H28N2O. The van der Waals surface area contributed by atoms with E-state index in [9.17, 15) is 0 Å². The third kappa shape index (κ3) is 3.94. The maximum Gasteiger partial charge on any atom is 0.0547 e. The van der Waals surface area contributed by atoms with E-state index >= 15 is 0 Å². The zero-order valence-corrected chi connectivity index (χ0v) is 11.3. The first kappa shape index (κ1) is 13.3. The van der Waals surface area contributed by atoms with E-state index in [0.717, 1.165) is 19.8 Å². The van der Waals surface area contributed by atoms with Crippen LogP contribution in [0, 0.1) is 5.41 Å². The quantitative estimate of drug-likeness (QED) is 0.812. The van der Waals surface area contributed by atoms with Gasteiger partial charge in [-0.1, -0.05) is 19.3 Å². The van der Waals surface area contributed by atoms with Gasteiger partial charge >= 0.3 is 0 Å². The van der Waals surface area contributed by atoms with Crippen molar-refractivity contribution in [3.63, 3.8) is 0 Å². The van der Waals surface area contributed by atoms with E-state index in [1.165, 1.54) is 58.2 Å². The molecule has 0 aromatic rings. The van der Waals surface area contributed by atoms with Gasteiger partial charge in [0, 0.05) is 25.1 Å². The zero-order valence-electron chi connectivity index (χ0n) is 11.3. The molecule has 2 rings (SSSR count). The van der Waals surface area contributed by atoms with E-state index in [1.54, 1.807) is 0 Å². The van der Waals surface area contributed by atoms with Crippen LogP contribution in [-0.4, -0.2) is 51.3 Å². The van der Waals surface area contributed by atoms with Gasteiger partial charge in [-0.05, 0) is 39.4 Å². The predicted molar refractivity (Wildman–Crippen MR) is 71.3 cm³/mol. The van der Waals surface area contributed by atoms with E-state index in [0.29, 0.717) is 5.41 Å². The van der Waals surface area contributed by atoms with Crippen molar-refractivity contribution in [2.75, 3.05) is 46.4 Å². The molecule has 3 heteroatoms. The second-order valence-electron chi connectivity index (χ2n) is 5.88. The minimum Gasteiger partial charge on any atom is -0.381 e. The van der Waals surface area contributed by atoms with Gasteiger partial charge < -0.3 is 15.0 Å². The lowest BCUT2D eigenvalue weighted by Gasteiger charge is -2.35. The molecule has 0 aromatic carbocycles. The second-order valence-corrected chi connectivity index (χ2v) is 5.88. The summed E-state index contributed by atoms with van der Waals surface area (Å²) in [4.78, 5) is 2.69. The first-order valence-electron chi connectivity index (χ1n) is 7.29. The molecule has 100 valence electrons. The minimum atomic E-state index is 0.383. The molecule has 0 bridgehead atoms. The average molecular weight is 240 g/mol. The Bertz CT molecular complexity index is 206. The monoisotopic (exact) mass is 240 g/mol. The van der Waals surface area contributed by atoms with E-state index in [1.807, 2.05) is 0 Å². The predicted octanol–water partition coefficient (Wildman–Crippen LogP) is 1.88. The summed E-state index contributed by atoms with van der Waals surface area (Å²) in [6.45, 7) is 6.83. The van der Waals surface area contributed by atoms with Gasteiger partial charge in [0.15, 0.2) is 0 Å². The molecule has 1 atom stereocenters. The van der Waals surface area contributed by atoms with E-state index in [-0.39, 0.29) is 0 Å². The Morgan fingerprint density at radius 3 is 2.41 bits per heavy atom. The Balaban J connectivity index is 1.86. The highest BCUT2D eigenvalue weighted by molar-refractivity contribution is 4.88. The van der Waals surface area contributed by atoms with Gasteiger partial charge in [0.2, 0.25) is 0 Å². The Morgan fingerprint density at radius 2 is 1.82 bits per heavy atom. The Hall–Kier alpha value is -0.120. The Labute approximate surface area is 106 Å². The van der Waals surface area contributed by atoms with Crippen LogP contribution in [0.4, 0.5) is 0 Å². The van der Waals surface area contributed by atoms with Crippen molar-refractivity contribution in [1.82, 2.24) is 10.2 Å². The van der Waals surface area contributed by atoms with Crippen LogP contribution in [0.2, 0.25) is 0 Å². The molecule has 0 aliphatic carbocycles. The highest BCUT2D eigenvalue weighted by atomic mass is 16.5. The molecule has 17 heavy (non-hydrogen) atoms. The number of nitrogens with zero attached hydrogens (tertiary/aromatic N) is 1. The SMILES string of the molecule is CNCC1(CN2CCCCCCC2)CCOC1. The van der Waals surface area contributed by atoms with Gasteiger partial charge in [0.05, 0.1) is 6.61 Å². The molecule has 0 aromatic heterocycles. The molecule has 1 N–H and O–H groups in total. The molecule has 2 saturated heterocycles. The molecule has 0 amide bonds. The van der Waals surface area contributed by atoms with Crippen LogP contribution in [0.15, 0.2) is 0 Å². The molecule has 1 unspecified atom stereocenters. The topological polar surface area (TPSA) is 24.5 Å². The van der Waals surface area contributed by atoms with Crippen molar-refractivity contribution >= 4 is 0 Å². The lowest BCUT2D eigenvalue weighted by Crippen LogP contribution is -2.45. The molecule has 2 aliphatic heterocycles. The third-order valence-electron chi connectivity index (χ3n) is 4.24.